The van der Waals surface area contributed by atoms with E-state index in [1.165, 1.54) is 56.5 Å². The van der Waals surface area contributed by atoms with Crippen LogP contribution in [-0.2, 0) is 0 Å². The first-order chi connectivity index (χ1) is 10.7. The normalized spacial score (nSPS) is 36.0. The molecule has 2 rings (SSSR count). The molecule has 0 bridgehead atoms. The summed E-state index contributed by atoms with van der Waals surface area (Å²) < 4.78 is 0.820. The highest BCUT2D eigenvalue weighted by atomic mass is 32.2. The van der Waals surface area contributed by atoms with Crippen LogP contribution in [0.15, 0.2) is 0 Å². The molecule has 0 radical (unpaired) electrons. The Morgan fingerprint density at radius 3 is 2.27 bits per heavy atom. The van der Waals surface area contributed by atoms with E-state index < -0.39 is 0 Å². The second-order valence-electron chi connectivity index (χ2n) is 7.38. The molecular weight excluding hydrogens is 306 g/mol. The van der Waals surface area contributed by atoms with Gasteiger partial charge in [-0.25, -0.2) is 0 Å². The molecular formula is C19H33NS2. The van der Waals surface area contributed by atoms with Gasteiger partial charge < -0.3 is 0 Å². The number of thioether (sulfide) groups is 2. The van der Waals surface area contributed by atoms with Gasteiger partial charge in [-0.05, 0) is 61.9 Å². The van der Waals surface area contributed by atoms with Gasteiger partial charge in [-0.15, -0.1) is 23.5 Å². The zero-order chi connectivity index (χ0) is 15.8. The van der Waals surface area contributed by atoms with Crippen LogP contribution in [0, 0.1) is 28.6 Å². The van der Waals surface area contributed by atoms with Crippen LogP contribution in [0.25, 0.3) is 0 Å². The topological polar surface area (TPSA) is 23.8 Å². The van der Waals surface area contributed by atoms with Crippen LogP contribution >= 0.6 is 23.5 Å². The summed E-state index contributed by atoms with van der Waals surface area (Å²) in [7, 11) is 0. The third-order valence-corrected chi connectivity index (χ3v) is 9.13. The molecule has 1 heterocycles. The van der Waals surface area contributed by atoms with Crippen molar-refractivity contribution in [2.75, 3.05) is 11.5 Å². The molecule has 1 nitrogen and oxygen atoms in total. The monoisotopic (exact) mass is 339 g/mol. The smallest absolute Gasteiger partial charge is 0.0689 e. The Hall–Kier alpha value is 0.190. The van der Waals surface area contributed by atoms with Crippen molar-refractivity contribution < 1.29 is 0 Å². The fourth-order valence-corrected chi connectivity index (χ4v) is 7.59. The van der Waals surface area contributed by atoms with E-state index in [0.717, 1.165) is 35.7 Å². The van der Waals surface area contributed by atoms with Crippen LogP contribution in [0.4, 0.5) is 0 Å². The predicted molar refractivity (Wildman–Crippen MR) is 101 cm³/mol. The minimum absolute atomic E-state index is 0.0282. The Balaban J connectivity index is 1.76. The molecule has 0 spiro atoms. The SMILES string of the molecule is CCCCCC1(C#N)CCC(C2SCC(CCC)CS2)CC1. The molecule has 1 saturated carbocycles. The van der Waals surface area contributed by atoms with Crippen LogP contribution in [0.3, 0.4) is 0 Å². The number of hydrogen-bond donors (Lipinski definition) is 0. The summed E-state index contributed by atoms with van der Waals surface area (Å²) in [6.07, 6.45) is 12.6. The Morgan fingerprint density at radius 2 is 1.73 bits per heavy atom. The van der Waals surface area contributed by atoms with Gasteiger partial charge in [-0.2, -0.15) is 5.26 Å². The lowest BCUT2D eigenvalue weighted by atomic mass is 9.69. The maximum absolute atomic E-state index is 9.67. The minimum Gasteiger partial charge on any atom is -0.198 e. The third-order valence-electron chi connectivity index (χ3n) is 5.56. The van der Waals surface area contributed by atoms with Gasteiger partial charge >= 0.3 is 0 Å². The fraction of sp³-hybridized carbons (Fsp3) is 0.947. The van der Waals surface area contributed by atoms with Gasteiger partial charge in [0.05, 0.1) is 16.1 Å². The lowest BCUT2D eigenvalue weighted by Gasteiger charge is -2.40. The molecule has 22 heavy (non-hydrogen) atoms. The van der Waals surface area contributed by atoms with Crippen molar-refractivity contribution in [3.05, 3.63) is 0 Å². The van der Waals surface area contributed by atoms with Crippen molar-refractivity contribution in [1.82, 2.24) is 0 Å². The Kier molecular flexibility index (Phi) is 7.98. The van der Waals surface area contributed by atoms with Crippen molar-refractivity contribution in [2.24, 2.45) is 17.3 Å². The number of nitrogens with zero attached hydrogens (tertiary/aromatic N) is 1. The second kappa shape index (κ2) is 9.48. The van der Waals surface area contributed by atoms with Crippen molar-refractivity contribution in [1.29, 1.82) is 5.26 Å². The van der Waals surface area contributed by atoms with Gasteiger partial charge in [0.25, 0.3) is 0 Å². The van der Waals surface area contributed by atoms with Crippen LogP contribution in [0.1, 0.15) is 78.1 Å². The average Bonchev–Trinajstić information content (AvgIpc) is 2.57. The molecule has 0 amide bonds. The molecule has 1 saturated heterocycles. The fourth-order valence-electron chi connectivity index (χ4n) is 4.00. The first-order valence-electron chi connectivity index (χ1n) is 9.37. The van der Waals surface area contributed by atoms with Crippen molar-refractivity contribution >= 4 is 23.5 Å². The Morgan fingerprint density at radius 1 is 1.05 bits per heavy atom. The van der Waals surface area contributed by atoms with E-state index in [9.17, 15) is 5.26 Å². The lowest BCUT2D eigenvalue weighted by molar-refractivity contribution is 0.200. The third kappa shape index (κ3) is 5.10. The molecule has 0 unspecified atom stereocenters. The summed E-state index contributed by atoms with van der Waals surface area (Å²) in [6.45, 7) is 4.56. The number of rotatable bonds is 7. The number of unbranched alkanes of at least 4 members (excludes halogenated alkanes) is 2. The van der Waals surface area contributed by atoms with Gasteiger partial charge in [-0.3, -0.25) is 0 Å². The molecule has 2 fully saturated rings. The van der Waals surface area contributed by atoms with Gasteiger partial charge in [0.1, 0.15) is 0 Å². The molecule has 3 heteroatoms. The van der Waals surface area contributed by atoms with E-state index in [0.29, 0.717) is 0 Å². The van der Waals surface area contributed by atoms with E-state index in [2.05, 4.69) is 43.4 Å². The van der Waals surface area contributed by atoms with E-state index in [1.807, 2.05) is 0 Å². The van der Waals surface area contributed by atoms with E-state index in [1.54, 1.807) is 0 Å². The molecule has 0 atom stereocenters. The highest BCUT2D eigenvalue weighted by Crippen LogP contribution is 2.49. The van der Waals surface area contributed by atoms with Crippen LogP contribution in [-0.4, -0.2) is 16.1 Å². The molecule has 1 aliphatic heterocycles. The highest BCUT2D eigenvalue weighted by Gasteiger charge is 2.38. The highest BCUT2D eigenvalue weighted by molar-refractivity contribution is 8.17. The summed E-state index contributed by atoms with van der Waals surface area (Å²) in [5.41, 5.74) is 0.0282. The number of hydrogen-bond acceptors (Lipinski definition) is 3. The molecule has 0 N–H and O–H groups in total. The Bertz CT molecular complexity index is 347. The Labute approximate surface area is 146 Å². The zero-order valence-corrected chi connectivity index (χ0v) is 16.1. The van der Waals surface area contributed by atoms with Crippen molar-refractivity contribution in [3.8, 4) is 6.07 Å². The average molecular weight is 340 g/mol. The molecule has 0 aromatic rings. The van der Waals surface area contributed by atoms with Crippen LogP contribution < -0.4 is 0 Å². The first kappa shape index (κ1) is 18.5. The molecule has 0 aromatic heterocycles. The van der Waals surface area contributed by atoms with Gasteiger partial charge in [0.2, 0.25) is 0 Å². The van der Waals surface area contributed by atoms with E-state index >= 15 is 0 Å². The summed E-state index contributed by atoms with van der Waals surface area (Å²) >= 11 is 4.45. The largest absolute Gasteiger partial charge is 0.198 e. The molecule has 0 aromatic carbocycles. The lowest BCUT2D eigenvalue weighted by Crippen LogP contribution is -2.31. The summed E-state index contributed by atoms with van der Waals surface area (Å²) in [6, 6.07) is 2.71. The predicted octanol–water partition coefficient (Wildman–Crippen LogP) is 6.49. The van der Waals surface area contributed by atoms with Gasteiger partial charge in [-0.1, -0.05) is 39.5 Å². The number of nitriles is 1. The van der Waals surface area contributed by atoms with Gasteiger partial charge in [0, 0.05) is 0 Å². The summed E-state index contributed by atoms with van der Waals surface area (Å²) in [5.74, 6) is 4.57. The summed E-state index contributed by atoms with van der Waals surface area (Å²) in [4.78, 5) is 0. The maximum atomic E-state index is 9.67. The van der Waals surface area contributed by atoms with E-state index in [4.69, 9.17) is 0 Å². The first-order valence-corrected chi connectivity index (χ1v) is 11.5. The van der Waals surface area contributed by atoms with Crippen LogP contribution in [0.2, 0.25) is 0 Å². The molecule has 2 aliphatic rings. The minimum atomic E-state index is 0.0282. The zero-order valence-electron chi connectivity index (χ0n) is 14.5. The van der Waals surface area contributed by atoms with Crippen molar-refractivity contribution in [3.63, 3.8) is 0 Å². The van der Waals surface area contributed by atoms with E-state index in [-0.39, 0.29) is 5.41 Å². The maximum Gasteiger partial charge on any atom is 0.0689 e. The second-order valence-corrected chi connectivity index (χ2v) is 10.0. The quantitative estimate of drug-likeness (QED) is 0.495. The van der Waals surface area contributed by atoms with Crippen molar-refractivity contribution in [2.45, 2.75) is 82.6 Å². The standard InChI is InChI=1S/C19H33NS2/c1-3-5-6-10-19(15-20)11-8-17(9-12-19)18-21-13-16(7-4-2)14-22-18/h16-18H,3-14H2,1-2H3. The van der Waals surface area contributed by atoms with Crippen LogP contribution in [0.5, 0.6) is 0 Å². The molecule has 126 valence electrons. The molecule has 1 aliphatic carbocycles. The van der Waals surface area contributed by atoms with Gasteiger partial charge in [0.15, 0.2) is 0 Å². The summed E-state index contributed by atoms with van der Waals surface area (Å²) in [5, 5.41) is 9.67.